The molecule has 114 valence electrons. The summed E-state index contributed by atoms with van der Waals surface area (Å²) in [5, 5.41) is 0.205. The molecule has 0 spiro atoms. The molecule has 0 unspecified atom stereocenters. The molecule has 0 bridgehead atoms. The molecule has 0 radical (unpaired) electrons. The van der Waals surface area contributed by atoms with E-state index in [-0.39, 0.29) is 16.0 Å². The highest BCUT2D eigenvalue weighted by Gasteiger charge is 2.37. The Bertz CT molecular complexity index is 915. The summed E-state index contributed by atoms with van der Waals surface area (Å²) in [6.45, 7) is 4.43. The molecule has 0 atom stereocenters. The quantitative estimate of drug-likeness (QED) is 0.614. The molecule has 0 saturated heterocycles. The van der Waals surface area contributed by atoms with Crippen LogP contribution in [0.15, 0.2) is 42.5 Å². The highest BCUT2D eigenvalue weighted by molar-refractivity contribution is 6.31. The molecule has 0 N–H and O–H groups in total. The first-order valence-corrected chi connectivity index (χ1v) is 8.05. The van der Waals surface area contributed by atoms with Crippen LogP contribution in [0.1, 0.15) is 25.0 Å². The Morgan fingerprint density at radius 3 is 2.09 bits per heavy atom. The Balaban J connectivity index is 2.04. The van der Waals surface area contributed by atoms with Crippen LogP contribution in [-0.4, -0.2) is 15.0 Å². The van der Waals surface area contributed by atoms with E-state index in [4.69, 9.17) is 23.2 Å². The van der Waals surface area contributed by atoms with Crippen molar-refractivity contribution >= 4 is 23.2 Å². The average molecular weight is 342 g/mol. The second kappa shape index (κ2) is 5.02. The summed E-state index contributed by atoms with van der Waals surface area (Å²) in [5.74, 6) is 0.507. The average Bonchev–Trinajstić information content (AvgIpc) is 2.75. The topological polar surface area (TPSA) is 38.7 Å². The number of halogens is 2. The van der Waals surface area contributed by atoms with Crippen molar-refractivity contribution in [1.82, 2.24) is 15.0 Å². The van der Waals surface area contributed by atoms with Gasteiger partial charge in [-0.05, 0) is 45.5 Å². The van der Waals surface area contributed by atoms with Crippen molar-refractivity contribution in [2.75, 3.05) is 0 Å². The van der Waals surface area contributed by atoms with Crippen molar-refractivity contribution in [1.29, 1.82) is 0 Å². The summed E-state index contributed by atoms with van der Waals surface area (Å²) in [7, 11) is 0. The molecular weight excluding hydrogens is 329 g/mol. The number of rotatable bonds is 1. The Labute approximate surface area is 144 Å². The van der Waals surface area contributed by atoms with Gasteiger partial charge in [0.25, 0.3) is 0 Å². The molecule has 1 aliphatic carbocycles. The summed E-state index contributed by atoms with van der Waals surface area (Å²) in [5.41, 5.74) is 5.74. The van der Waals surface area contributed by atoms with Crippen LogP contribution in [0, 0.1) is 0 Å². The number of aromatic nitrogens is 3. The third-order valence-corrected chi connectivity index (χ3v) is 4.74. The maximum absolute atomic E-state index is 5.96. The van der Waals surface area contributed by atoms with Gasteiger partial charge >= 0.3 is 0 Å². The van der Waals surface area contributed by atoms with Gasteiger partial charge in [-0.1, -0.05) is 56.3 Å². The third-order valence-electron chi connectivity index (χ3n) is 4.40. The molecule has 23 heavy (non-hydrogen) atoms. The van der Waals surface area contributed by atoms with E-state index in [9.17, 15) is 0 Å². The SMILES string of the molecule is CC1(C)c2ccccc2-c2cccc(-c3nc(Cl)nc(Cl)n3)c21. The van der Waals surface area contributed by atoms with Crippen molar-refractivity contribution in [2.45, 2.75) is 19.3 Å². The maximum atomic E-state index is 5.96. The predicted octanol–water partition coefficient (Wildman–Crippen LogP) is 5.15. The van der Waals surface area contributed by atoms with Gasteiger partial charge in [0.15, 0.2) is 5.82 Å². The van der Waals surface area contributed by atoms with Gasteiger partial charge in [-0.2, -0.15) is 15.0 Å². The first-order valence-electron chi connectivity index (χ1n) is 7.29. The zero-order chi connectivity index (χ0) is 16.2. The van der Waals surface area contributed by atoms with Crippen LogP contribution < -0.4 is 0 Å². The van der Waals surface area contributed by atoms with Gasteiger partial charge in [0, 0.05) is 11.0 Å². The van der Waals surface area contributed by atoms with E-state index in [0.717, 1.165) is 5.56 Å². The normalized spacial score (nSPS) is 14.4. The van der Waals surface area contributed by atoms with Crippen molar-refractivity contribution in [3.63, 3.8) is 0 Å². The van der Waals surface area contributed by atoms with Crippen molar-refractivity contribution in [3.8, 4) is 22.5 Å². The molecule has 3 aromatic rings. The van der Waals surface area contributed by atoms with E-state index in [1.54, 1.807) is 0 Å². The van der Waals surface area contributed by atoms with Crippen molar-refractivity contribution in [2.24, 2.45) is 0 Å². The smallest absolute Gasteiger partial charge is 0.198 e. The monoisotopic (exact) mass is 341 g/mol. The van der Waals surface area contributed by atoms with E-state index in [2.05, 4.69) is 59.1 Å². The molecule has 0 amide bonds. The van der Waals surface area contributed by atoms with E-state index < -0.39 is 0 Å². The third kappa shape index (κ3) is 2.15. The molecule has 2 aromatic carbocycles. The minimum absolute atomic E-state index is 0.103. The van der Waals surface area contributed by atoms with Gasteiger partial charge in [-0.15, -0.1) is 0 Å². The molecule has 0 saturated carbocycles. The summed E-state index contributed by atoms with van der Waals surface area (Å²) in [4.78, 5) is 12.4. The summed E-state index contributed by atoms with van der Waals surface area (Å²) < 4.78 is 0. The molecule has 5 heteroatoms. The van der Waals surface area contributed by atoms with Crippen LogP contribution in [0.4, 0.5) is 0 Å². The molecule has 4 rings (SSSR count). The number of hydrogen-bond acceptors (Lipinski definition) is 3. The fraction of sp³-hybridized carbons (Fsp3) is 0.167. The lowest BCUT2D eigenvalue weighted by Crippen LogP contribution is -2.16. The van der Waals surface area contributed by atoms with Crippen LogP contribution in [-0.2, 0) is 5.41 Å². The van der Waals surface area contributed by atoms with Crippen LogP contribution in [0.2, 0.25) is 10.6 Å². The van der Waals surface area contributed by atoms with E-state index >= 15 is 0 Å². The lowest BCUT2D eigenvalue weighted by atomic mass is 9.80. The van der Waals surface area contributed by atoms with Crippen LogP contribution in [0.5, 0.6) is 0 Å². The Morgan fingerprint density at radius 1 is 0.739 bits per heavy atom. The fourth-order valence-electron chi connectivity index (χ4n) is 3.48. The van der Waals surface area contributed by atoms with Crippen LogP contribution >= 0.6 is 23.2 Å². The number of nitrogens with zero attached hydrogens (tertiary/aromatic N) is 3. The standard InChI is InChI=1S/C18H13Cl2N3/c1-18(2)13-9-4-3-6-10(13)11-7-5-8-12(14(11)18)15-21-16(19)23-17(20)22-15/h3-9H,1-2H3. The molecular formula is C18H13Cl2N3. The van der Waals surface area contributed by atoms with E-state index in [0.29, 0.717) is 5.82 Å². The van der Waals surface area contributed by atoms with E-state index in [1.165, 1.54) is 22.3 Å². The van der Waals surface area contributed by atoms with Crippen molar-refractivity contribution < 1.29 is 0 Å². The first-order chi connectivity index (χ1) is 11.0. The van der Waals surface area contributed by atoms with Gasteiger partial charge in [0.05, 0.1) is 0 Å². The molecule has 1 aromatic heterocycles. The Morgan fingerprint density at radius 2 is 1.35 bits per heavy atom. The molecule has 1 aliphatic rings. The molecule has 0 aliphatic heterocycles. The molecule has 0 fully saturated rings. The van der Waals surface area contributed by atoms with Crippen LogP contribution in [0.25, 0.3) is 22.5 Å². The number of hydrogen-bond donors (Lipinski definition) is 0. The van der Waals surface area contributed by atoms with Crippen LogP contribution in [0.3, 0.4) is 0 Å². The zero-order valence-corrected chi connectivity index (χ0v) is 14.2. The fourth-order valence-corrected chi connectivity index (χ4v) is 3.84. The van der Waals surface area contributed by atoms with Gasteiger partial charge < -0.3 is 0 Å². The predicted molar refractivity (Wildman–Crippen MR) is 92.8 cm³/mol. The second-order valence-electron chi connectivity index (χ2n) is 6.10. The van der Waals surface area contributed by atoms with Gasteiger partial charge in [0.1, 0.15) is 0 Å². The van der Waals surface area contributed by atoms with Gasteiger partial charge in [0.2, 0.25) is 10.6 Å². The number of fused-ring (bicyclic) bond motifs is 3. The minimum Gasteiger partial charge on any atom is -0.198 e. The Kier molecular flexibility index (Phi) is 3.19. The molecule has 1 heterocycles. The second-order valence-corrected chi connectivity index (χ2v) is 6.77. The summed E-state index contributed by atoms with van der Waals surface area (Å²) in [6, 6.07) is 14.6. The Hall–Kier alpha value is -1.97. The largest absolute Gasteiger partial charge is 0.227 e. The van der Waals surface area contributed by atoms with Gasteiger partial charge in [-0.3, -0.25) is 0 Å². The van der Waals surface area contributed by atoms with E-state index in [1.807, 2.05) is 12.1 Å². The maximum Gasteiger partial charge on any atom is 0.227 e. The number of benzene rings is 2. The summed E-state index contributed by atoms with van der Waals surface area (Å²) >= 11 is 11.9. The first kappa shape index (κ1) is 14.6. The summed E-state index contributed by atoms with van der Waals surface area (Å²) in [6.07, 6.45) is 0. The molecule has 3 nitrogen and oxygen atoms in total. The van der Waals surface area contributed by atoms with Gasteiger partial charge in [-0.25, -0.2) is 0 Å². The lowest BCUT2D eigenvalue weighted by molar-refractivity contribution is 0.661. The highest BCUT2D eigenvalue weighted by atomic mass is 35.5. The van der Waals surface area contributed by atoms with Crippen molar-refractivity contribution in [3.05, 3.63) is 64.2 Å². The minimum atomic E-state index is -0.145. The highest BCUT2D eigenvalue weighted by Crippen LogP contribution is 2.51. The zero-order valence-electron chi connectivity index (χ0n) is 12.6. The lowest BCUT2D eigenvalue weighted by Gasteiger charge is -2.23.